The SMILES string of the molecule is Cc1ccc(N2C(C)N(C)C(=O)C23CCN(C)CC3)cc1. The number of hydrogen-bond acceptors (Lipinski definition) is 3. The van der Waals surface area contributed by atoms with Gasteiger partial charge in [-0.2, -0.15) is 0 Å². The van der Waals surface area contributed by atoms with Crippen molar-refractivity contribution >= 4 is 11.6 Å². The number of piperidine rings is 1. The third-order valence-electron chi connectivity index (χ3n) is 5.24. The number of carbonyl (C=O) groups is 1. The van der Waals surface area contributed by atoms with Crippen molar-refractivity contribution in [1.82, 2.24) is 9.80 Å². The summed E-state index contributed by atoms with van der Waals surface area (Å²) in [6.07, 6.45) is 1.93. The Hall–Kier alpha value is -1.55. The average Bonchev–Trinajstić information content (AvgIpc) is 2.66. The van der Waals surface area contributed by atoms with Gasteiger partial charge in [0.2, 0.25) is 5.91 Å². The van der Waals surface area contributed by atoms with E-state index in [1.165, 1.54) is 5.56 Å². The Morgan fingerprint density at radius 2 is 1.67 bits per heavy atom. The molecule has 1 unspecified atom stereocenters. The molecule has 114 valence electrons. The van der Waals surface area contributed by atoms with Crippen molar-refractivity contribution < 1.29 is 4.79 Å². The number of rotatable bonds is 1. The summed E-state index contributed by atoms with van der Waals surface area (Å²) >= 11 is 0. The lowest BCUT2D eigenvalue weighted by Gasteiger charge is -2.43. The second-order valence-corrected chi connectivity index (χ2v) is 6.59. The fourth-order valence-corrected chi connectivity index (χ4v) is 3.74. The summed E-state index contributed by atoms with van der Waals surface area (Å²) < 4.78 is 0. The highest BCUT2D eigenvalue weighted by atomic mass is 16.2. The summed E-state index contributed by atoms with van der Waals surface area (Å²) in [6, 6.07) is 8.57. The van der Waals surface area contributed by atoms with E-state index in [0.717, 1.165) is 31.6 Å². The first-order valence-corrected chi connectivity index (χ1v) is 7.77. The van der Waals surface area contributed by atoms with Crippen molar-refractivity contribution in [3.63, 3.8) is 0 Å². The maximum Gasteiger partial charge on any atom is 0.249 e. The minimum absolute atomic E-state index is 0.114. The highest BCUT2D eigenvalue weighted by Crippen LogP contribution is 2.41. The minimum Gasteiger partial charge on any atom is -0.336 e. The van der Waals surface area contributed by atoms with Crippen LogP contribution in [0.2, 0.25) is 0 Å². The minimum atomic E-state index is -0.351. The van der Waals surface area contributed by atoms with Gasteiger partial charge in [-0.25, -0.2) is 0 Å². The van der Waals surface area contributed by atoms with E-state index < -0.39 is 0 Å². The second-order valence-electron chi connectivity index (χ2n) is 6.59. The molecule has 0 radical (unpaired) electrons. The van der Waals surface area contributed by atoms with Crippen molar-refractivity contribution in [2.75, 3.05) is 32.1 Å². The van der Waals surface area contributed by atoms with Crippen molar-refractivity contribution in [1.29, 1.82) is 0 Å². The zero-order valence-electron chi connectivity index (χ0n) is 13.5. The molecule has 0 aromatic heterocycles. The van der Waals surface area contributed by atoms with Crippen LogP contribution in [0.1, 0.15) is 25.3 Å². The van der Waals surface area contributed by atoms with Gasteiger partial charge in [-0.05, 0) is 45.9 Å². The third-order valence-corrected chi connectivity index (χ3v) is 5.24. The number of anilines is 1. The molecule has 1 aromatic rings. The summed E-state index contributed by atoms with van der Waals surface area (Å²) in [5, 5.41) is 0. The molecule has 1 amide bonds. The predicted octanol–water partition coefficient (Wildman–Crippen LogP) is 2.08. The summed E-state index contributed by atoms with van der Waals surface area (Å²) in [5.74, 6) is 0.281. The molecule has 0 saturated carbocycles. The van der Waals surface area contributed by atoms with E-state index in [1.807, 2.05) is 11.9 Å². The summed E-state index contributed by atoms with van der Waals surface area (Å²) in [5.41, 5.74) is 2.06. The van der Waals surface area contributed by atoms with Crippen LogP contribution in [0.25, 0.3) is 0 Å². The van der Waals surface area contributed by atoms with Crippen LogP contribution < -0.4 is 4.90 Å². The van der Waals surface area contributed by atoms with Crippen LogP contribution in [0.4, 0.5) is 5.69 Å². The largest absolute Gasteiger partial charge is 0.336 e. The summed E-state index contributed by atoms with van der Waals surface area (Å²) in [4.78, 5) is 19.5. The highest BCUT2D eigenvalue weighted by molar-refractivity contribution is 5.94. The molecule has 2 heterocycles. The average molecular weight is 287 g/mol. The molecule has 4 heteroatoms. The molecule has 0 bridgehead atoms. The van der Waals surface area contributed by atoms with Gasteiger partial charge in [-0.15, -0.1) is 0 Å². The number of likely N-dealkylation sites (N-methyl/N-ethyl adjacent to an activating group) is 1. The summed E-state index contributed by atoms with van der Waals surface area (Å²) in [6.45, 7) is 6.19. The van der Waals surface area contributed by atoms with Gasteiger partial charge in [0.1, 0.15) is 11.7 Å². The Bertz CT molecular complexity index is 531. The molecule has 2 fully saturated rings. The fourth-order valence-electron chi connectivity index (χ4n) is 3.74. The van der Waals surface area contributed by atoms with Gasteiger partial charge in [-0.1, -0.05) is 17.7 Å². The monoisotopic (exact) mass is 287 g/mol. The molecule has 1 spiro atoms. The smallest absolute Gasteiger partial charge is 0.249 e. The van der Waals surface area contributed by atoms with Crippen molar-refractivity contribution in [2.45, 2.75) is 38.4 Å². The molecular weight excluding hydrogens is 262 g/mol. The Morgan fingerprint density at radius 1 is 1.10 bits per heavy atom. The van der Waals surface area contributed by atoms with Gasteiger partial charge in [0.15, 0.2) is 0 Å². The van der Waals surface area contributed by atoms with Crippen molar-refractivity contribution in [3.8, 4) is 0 Å². The van der Waals surface area contributed by atoms with Crippen LogP contribution in [0.5, 0.6) is 0 Å². The van der Waals surface area contributed by atoms with Gasteiger partial charge in [0, 0.05) is 25.8 Å². The lowest BCUT2D eigenvalue weighted by atomic mass is 9.85. The first-order chi connectivity index (χ1) is 9.95. The number of nitrogens with zero attached hydrogens (tertiary/aromatic N) is 3. The van der Waals surface area contributed by atoms with Gasteiger partial charge < -0.3 is 14.7 Å². The molecular formula is C17H25N3O. The van der Waals surface area contributed by atoms with Crippen molar-refractivity contribution in [3.05, 3.63) is 29.8 Å². The maximum absolute atomic E-state index is 12.9. The second kappa shape index (κ2) is 5.02. The van der Waals surface area contributed by atoms with Crippen LogP contribution in [0.3, 0.4) is 0 Å². The Morgan fingerprint density at radius 3 is 2.24 bits per heavy atom. The number of likely N-dealkylation sites (tertiary alicyclic amines) is 1. The van der Waals surface area contributed by atoms with Crippen molar-refractivity contribution in [2.24, 2.45) is 0 Å². The lowest BCUT2D eigenvalue weighted by molar-refractivity contribution is -0.133. The highest BCUT2D eigenvalue weighted by Gasteiger charge is 2.55. The van der Waals surface area contributed by atoms with E-state index in [1.54, 1.807) is 0 Å². The number of amides is 1. The molecule has 3 rings (SSSR count). The number of benzene rings is 1. The third kappa shape index (κ3) is 2.13. The van der Waals surface area contributed by atoms with E-state index in [2.05, 4.69) is 55.0 Å². The summed E-state index contributed by atoms with van der Waals surface area (Å²) in [7, 11) is 4.07. The van der Waals surface area contributed by atoms with E-state index in [-0.39, 0.29) is 17.6 Å². The van der Waals surface area contributed by atoms with Crippen LogP contribution in [0, 0.1) is 6.92 Å². The lowest BCUT2D eigenvalue weighted by Crippen LogP contribution is -2.56. The van der Waals surface area contributed by atoms with E-state index in [0.29, 0.717) is 0 Å². The van der Waals surface area contributed by atoms with Gasteiger partial charge in [-0.3, -0.25) is 4.79 Å². The van der Waals surface area contributed by atoms with Gasteiger partial charge in [0.05, 0.1) is 0 Å². The van der Waals surface area contributed by atoms with Gasteiger partial charge >= 0.3 is 0 Å². The molecule has 1 atom stereocenters. The van der Waals surface area contributed by atoms with Crippen LogP contribution in [-0.2, 0) is 4.79 Å². The number of aryl methyl sites for hydroxylation is 1. The Kier molecular flexibility index (Phi) is 3.44. The van der Waals surface area contributed by atoms with Crippen LogP contribution >= 0.6 is 0 Å². The Labute approximate surface area is 127 Å². The molecule has 0 N–H and O–H groups in total. The van der Waals surface area contributed by atoms with E-state index in [9.17, 15) is 4.79 Å². The molecule has 2 saturated heterocycles. The number of carbonyl (C=O) groups excluding carboxylic acids is 1. The molecule has 4 nitrogen and oxygen atoms in total. The van der Waals surface area contributed by atoms with Gasteiger partial charge in [0.25, 0.3) is 0 Å². The van der Waals surface area contributed by atoms with E-state index in [4.69, 9.17) is 0 Å². The fraction of sp³-hybridized carbons (Fsp3) is 0.588. The normalized spacial score (nSPS) is 25.9. The molecule has 2 aliphatic heterocycles. The molecule has 0 aliphatic carbocycles. The number of hydrogen-bond donors (Lipinski definition) is 0. The topological polar surface area (TPSA) is 26.8 Å². The molecule has 21 heavy (non-hydrogen) atoms. The van der Waals surface area contributed by atoms with Crippen LogP contribution in [0.15, 0.2) is 24.3 Å². The molecule has 2 aliphatic rings. The zero-order chi connectivity index (χ0) is 15.2. The Balaban J connectivity index is 2.02. The van der Waals surface area contributed by atoms with Crippen LogP contribution in [-0.4, -0.2) is 54.6 Å². The zero-order valence-corrected chi connectivity index (χ0v) is 13.5. The standard InChI is InChI=1S/C17H25N3O/c1-13-5-7-15(8-6-13)20-14(2)19(4)16(21)17(20)9-11-18(3)12-10-17/h5-8,14H,9-12H2,1-4H3. The maximum atomic E-state index is 12.9. The quantitative estimate of drug-likeness (QED) is 0.791. The molecule has 1 aromatic carbocycles. The first kappa shape index (κ1) is 14.4. The van der Waals surface area contributed by atoms with E-state index >= 15 is 0 Å². The predicted molar refractivity (Wildman–Crippen MR) is 85.4 cm³/mol. The first-order valence-electron chi connectivity index (χ1n) is 7.77.